The molecule has 0 aliphatic carbocycles. The summed E-state index contributed by atoms with van der Waals surface area (Å²) in [6.07, 6.45) is -4.27. The van der Waals surface area contributed by atoms with Crippen LogP contribution < -0.4 is 0 Å². The smallest absolute Gasteiger partial charge is 0.416 e. The van der Waals surface area contributed by atoms with Crippen LogP contribution in [0.1, 0.15) is 19.4 Å². The number of alkyl halides is 3. The number of halogens is 3. The monoisotopic (exact) mass is 310 g/mol. The van der Waals surface area contributed by atoms with Crippen molar-refractivity contribution < 1.29 is 23.1 Å². The molecule has 0 saturated heterocycles. The van der Waals surface area contributed by atoms with Crippen LogP contribution in [-0.2, 0) is 11.0 Å². The van der Waals surface area contributed by atoms with Crippen molar-refractivity contribution >= 4 is 5.97 Å². The number of carbonyl (C=O) groups is 1. The zero-order valence-corrected chi connectivity index (χ0v) is 12.3. The van der Waals surface area contributed by atoms with E-state index >= 15 is 0 Å². The number of aliphatic carboxylic acids is 1. The predicted octanol–water partition coefficient (Wildman–Crippen LogP) is 5.10. The van der Waals surface area contributed by atoms with Crippen molar-refractivity contribution in [1.29, 1.82) is 0 Å². The molecule has 2 nitrogen and oxygen atoms in total. The summed E-state index contributed by atoms with van der Waals surface area (Å²) >= 11 is 0. The van der Waals surface area contributed by atoms with Crippen molar-refractivity contribution in [2.45, 2.75) is 20.0 Å². The SMILES string of the molecule is CC(C)C(=O)O.FC(F)(F)c1ccc(-c2ccccc2)cc1. The molecule has 0 aliphatic rings. The molecule has 0 heterocycles. The summed E-state index contributed by atoms with van der Waals surface area (Å²) in [5.74, 6) is -0.972. The van der Waals surface area contributed by atoms with Crippen molar-refractivity contribution in [3.8, 4) is 11.1 Å². The number of rotatable bonds is 2. The molecule has 0 unspecified atom stereocenters. The molecule has 0 aliphatic heterocycles. The Morgan fingerprint density at radius 3 is 1.68 bits per heavy atom. The van der Waals surface area contributed by atoms with Crippen molar-refractivity contribution in [2.24, 2.45) is 5.92 Å². The van der Waals surface area contributed by atoms with Gasteiger partial charge in [0.15, 0.2) is 0 Å². The van der Waals surface area contributed by atoms with Gasteiger partial charge in [0.2, 0.25) is 0 Å². The third kappa shape index (κ3) is 5.60. The first-order valence-electron chi connectivity index (χ1n) is 6.67. The molecular weight excluding hydrogens is 293 g/mol. The van der Waals surface area contributed by atoms with Gasteiger partial charge in [0, 0.05) is 0 Å². The van der Waals surface area contributed by atoms with Gasteiger partial charge in [-0.15, -0.1) is 0 Å². The summed E-state index contributed by atoms with van der Waals surface area (Å²) in [4.78, 5) is 9.70. The van der Waals surface area contributed by atoms with Gasteiger partial charge in [-0.25, -0.2) is 0 Å². The van der Waals surface area contributed by atoms with E-state index in [1.807, 2.05) is 30.3 Å². The molecule has 0 saturated carbocycles. The van der Waals surface area contributed by atoms with E-state index in [2.05, 4.69) is 0 Å². The maximum Gasteiger partial charge on any atom is 0.416 e. The zero-order valence-electron chi connectivity index (χ0n) is 12.3. The second kappa shape index (κ2) is 7.64. The Balaban J connectivity index is 0.000000346. The molecule has 0 atom stereocenters. The van der Waals surface area contributed by atoms with E-state index in [4.69, 9.17) is 5.11 Å². The third-order valence-corrected chi connectivity index (χ3v) is 2.81. The first-order valence-corrected chi connectivity index (χ1v) is 6.67. The molecule has 0 spiro atoms. The minimum atomic E-state index is -4.27. The fourth-order valence-corrected chi connectivity index (χ4v) is 1.48. The third-order valence-electron chi connectivity index (χ3n) is 2.81. The molecule has 1 N–H and O–H groups in total. The highest BCUT2D eigenvalue weighted by Gasteiger charge is 2.29. The molecule has 0 radical (unpaired) electrons. The molecule has 0 aromatic heterocycles. The molecule has 0 amide bonds. The van der Waals surface area contributed by atoms with Crippen molar-refractivity contribution in [3.63, 3.8) is 0 Å². The van der Waals surface area contributed by atoms with Gasteiger partial charge in [-0.05, 0) is 23.3 Å². The average molecular weight is 310 g/mol. The van der Waals surface area contributed by atoms with Crippen LogP contribution in [0, 0.1) is 5.92 Å². The van der Waals surface area contributed by atoms with E-state index in [1.165, 1.54) is 12.1 Å². The normalized spacial score (nSPS) is 10.8. The summed E-state index contributed by atoms with van der Waals surface area (Å²) in [6.45, 7) is 3.28. The molecule has 5 heteroatoms. The number of benzene rings is 2. The van der Waals surface area contributed by atoms with Crippen LogP contribution in [0.15, 0.2) is 54.6 Å². The van der Waals surface area contributed by atoms with Gasteiger partial charge >= 0.3 is 12.1 Å². The first-order chi connectivity index (χ1) is 10.2. The highest BCUT2D eigenvalue weighted by molar-refractivity contribution is 5.68. The fraction of sp³-hybridized carbons (Fsp3) is 0.235. The van der Waals surface area contributed by atoms with Crippen LogP contribution in [0.3, 0.4) is 0 Å². The molecule has 22 heavy (non-hydrogen) atoms. The second-order valence-electron chi connectivity index (χ2n) is 4.93. The molecule has 118 valence electrons. The summed E-state index contributed by atoms with van der Waals surface area (Å²) < 4.78 is 37.0. The highest BCUT2D eigenvalue weighted by atomic mass is 19.4. The first kappa shape index (κ1) is 17.8. The van der Waals surface area contributed by atoms with E-state index in [-0.39, 0.29) is 5.92 Å². The largest absolute Gasteiger partial charge is 0.481 e. The Kier molecular flexibility index (Phi) is 6.16. The molecule has 2 aromatic rings. The van der Waals surface area contributed by atoms with Gasteiger partial charge in [-0.3, -0.25) is 4.79 Å². The predicted molar refractivity (Wildman–Crippen MR) is 79.4 cm³/mol. The Bertz CT molecular complexity index is 588. The zero-order chi connectivity index (χ0) is 16.8. The standard InChI is InChI=1S/C13H9F3.C4H8O2/c14-13(15,16)12-8-6-11(7-9-12)10-4-2-1-3-5-10;1-3(2)4(5)6/h1-9H;3H,1-2H3,(H,5,6). The van der Waals surface area contributed by atoms with Crippen LogP contribution >= 0.6 is 0 Å². The topological polar surface area (TPSA) is 37.3 Å². The van der Waals surface area contributed by atoms with Crippen LogP contribution in [0.4, 0.5) is 13.2 Å². The molecule has 2 rings (SSSR count). The Morgan fingerprint density at radius 2 is 1.32 bits per heavy atom. The van der Waals surface area contributed by atoms with Crippen LogP contribution in [-0.4, -0.2) is 11.1 Å². The van der Waals surface area contributed by atoms with Gasteiger partial charge in [-0.2, -0.15) is 13.2 Å². The number of hydrogen-bond acceptors (Lipinski definition) is 1. The quantitative estimate of drug-likeness (QED) is 0.838. The number of carboxylic acid groups (broad SMARTS) is 1. The minimum Gasteiger partial charge on any atom is -0.481 e. The van der Waals surface area contributed by atoms with Crippen molar-refractivity contribution in [1.82, 2.24) is 0 Å². The van der Waals surface area contributed by atoms with Crippen LogP contribution in [0.2, 0.25) is 0 Å². The van der Waals surface area contributed by atoms with Gasteiger partial charge in [0.1, 0.15) is 0 Å². The van der Waals surface area contributed by atoms with Crippen LogP contribution in [0.5, 0.6) is 0 Å². The Labute approximate surface area is 127 Å². The van der Waals surface area contributed by atoms with Crippen molar-refractivity contribution in [2.75, 3.05) is 0 Å². The lowest BCUT2D eigenvalue weighted by atomic mass is 10.0. The van der Waals surface area contributed by atoms with Crippen LogP contribution in [0.25, 0.3) is 11.1 Å². The molecule has 0 fully saturated rings. The number of hydrogen-bond donors (Lipinski definition) is 1. The van der Waals surface area contributed by atoms with Gasteiger partial charge in [0.25, 0.3) is 0 Å². The van der Waals surface area contributed by atoms with E-state index in [0.29, 0.717) is 0 Å². The second-order valence-corrected chi connectivity index (χ2v) is 4.93. The van der Waals surface area contributed by atoms with Gasteiger partial charge < -0.3 is 5.11 Å². The average Bonchev–Trinajstić information content (AvgIpc) is 2.48. The van der Waals surface area contributed by atoms with Gasteiger partial charge in [-0.1, -0.05) is 56.3 Å². The van der Waals surface area contributed by atoms with E-state index in [0.717, 1.165) is 23.3 Å². The summed E-state index contributed by atoms with van der Waals surface area (Å²) in [7, 11) is 0. The Morgan fingerprint density at radius 1 is 0.909 bits per heavy atom. The van der Waals surface area contributed by atoms with Gasteiger partial charge in [0.05, 0.1) is 11.5 Å². The lowest BCUT2D eigenvalue weighted by molar-refractivity contribution is -0.140. The van der Waals surface area contributed by atoms with E-state index in [1.54, 1.807) is 13.8 Å². The molecule has 2 aromatic carbocycles. The highest BCUT2D eigenvalue weighted by Crippen LogP contribution is 2.30. The molecular formula is C17H17F3O2. The minimum absolute atomic E-state index is 0.231. The summed E-state index contributed by atoms with van der Waals surface area (Å²) in [5, 5.41) is 7.99. The maximum atomic E-state index is 12.3. The summed E-state index contributed by atoms with van der Waals surface area (Å²) in [5.41, 5.74) is 1.08. The lowest BCUT2D eigenvalue weighted by Crippen LogP contribution is -2.03. The van der Waals surface area contributed by atoms with E-state index < -0.39 is 17.7 Å². The van der Waals surface area contributed by atoms with E-state index in [9.17, 15) is 18.0 Å². The summed E-state index contributed by atoms with van der Waals surface area (Å²) in [6, 6.07) is 14.5. The number of carboxylic acids is 1. The molecule has 0 bridgehead atoms. The lowest BCUT2D eigenvalue weighted by Gasteiger charge is -2.07. The Hall–Kier alpha value is -2.30. The van der Waals surface area contributed by atoms with Crippen molar-refractivity contribution in [3.05, 3.63) is 60.2 Å². The maximum absolute atomic E-state index is 12.3. The fourth-order valence-electron chi connectivity index (χ4n) is 1.48.